The summed E-state index contributed by atoms with van der Waals surface area (Å²) < 4.78 is 15.7. The summed E-state index contributed by atoms with van der Waals surface area (Å²) in [6.45, 7) is 0. The molecule has 3 aromatic rings. The van der Waals surface area contributed by atoms with Gasteiger partial charge in [-0.3, -0.25) is 10.1 Å². The van der Waals surface area contributed by atoms with Crippen LogP contribution in [0.5, 0.6) is 11.5 Å². The highest BCUT2D eigenvalue weighted by atomic mass is 32.1. The SMILES string of the molecule is COc1cc(OC)cc(C(=O)Nc2nnc(-c3cccs3)o2)c1. The van der Waals surface area contributed by atoms with Crippen LogP contribution >= 0.6 is 11.3 Å². The molecule has 1 N–H and O–H groups in total. The third kappa shape index (κ3) is 3.32. The zero-order chi connectivity index (χ0) is 16.2. The Kier molecular flexibility index (Phi) is 4.24. The highest BCUT2D eigenvalue weighted by Crippen LogP contribution is 2.26. The van der Waals surface area contributed by atoms with Crippen LogP contribution in [0.25, 0.3) is 10.8 Å². The first-order valence-corrected chi connectivity index (χ1v) is 7.49. The number of methoxy groups -OCH3 is 2. The predicted octanol–water partition coefficient (Wildman–Crippen LogP) is 3.07. The van der Waals surface area contributed by atoms with Gasteiger partial charge in [0.25, 0.3) is 11.8 Å². The number of amides is 1. The number of rotatable bonds is 5. The number of nitrogens with zero attached hydrogens (tertiary/aromatic N) is 2. The van der Waals surface area contributed by atoms with Crippen molar-refractivity contribution in [2.75, 3.05) is 19.5 Å². The average Bonchev–Trinajstić information content (AvgIpc) is 3.25. The lowest BCUT2D eigenvalue weighted by molar-refractivity contribution is 0.102. The van der Waals surface area contributed by atoms with Gasteiger partial charge in [-0.2, -0.15) is 0 Å². The summed E-state index contributed by atoms with van der Waals surface area (Å²) in [5.74, 6) is 0.987. The fourth-order valence-corrected chi connectivity index (χ4v) is 2.53. The van der Waals surface area contributed by atoms with Gasteiger partial charge < -0.3 is 13.9 Å². The molecule has 1 amide bonds. The molecule has 0 unspecified atom stereocenters. The molecular weight excluding hydrogens is 318 g/mol. The van der Waals surface area contributed by atoms with Crippen LogP contribution in [0, 0.1) is 0 Å². The minimum absolute atomic E-state index is 0.0280. The van der Waals surface area contributed by atoms with E-state index >= 15 is 0 Å². The van der Waals surface area contributed by atoms with Crippen LogP contribution in [0.2, 0.25) is 0 Å². The minimum atomic E-state index is -0.399. The lowest BCUT2D eigenvalue weighted by Crippen LogP contribution is -2.12. The largest absolute Gasteiger partial charge is 0.497 e. The molecule has 0 bridgehead atoms. The zero-order valence-corrected chi connectivity index (χ0v) is 13.2. The Morgan fingerprint density at radius 3 is 2.52 bits per heavy atom. The third-order valence-electron chi connectivity index (χ3n) is 2.99. The second-order valence-corrected chi connectivity index (χ2v) is 5.39. The Bertz CT molecular complexity index is 792. The van der Waals surface area contributed by atoms with Gasteiger partial charge >= 0.3 is 6.01 Å². The molecule has 0 saturated carbocycles. The number of aromatic nitrogens is 2. The van der Waals surface area contributed by atoms with Crippen LogP contribution < -0.4 is 14.8 Å². The first kappa shape index (κ1) is 15.0. The minimum Gasteiger partial charge on any atom is -0.497 e. The first-order valence-electron chi connectivity index (χ1n) is 6.61. The van der Waals surface area contributed by atoms with Crippen LogP contribution in [-0.4, -0.2) is 30.3 Å². The van der Waals surface area contributed by atoms with E-state index in [4.69, 9.17) is 13.9 Å². The molecule has 0 saturated heterocycles. The van der Waals surface area contributed by atoms with E-state index in [1.165, 1.54) is 25.6 Å². The van der Waals surface area contributed by atoms with E-state index in [2.05, 4.69) is 15.5 Å². The maximum atomic E-state index is 12.3. The molecule has 23 heavy (non-hydrogen) atoms. The summed E-state index contributed by atoms with van der Waals surface area (Å²) in [5.41, 5.74) is 0.358. The van der Waals surface area contributed by atoms with Crippen molar-refractivity contribution in [2.45, 2.75) is 0 Å². The number of nitrogens with one attached hydrogen (secondary N) is 1. The Hall–Kier alpha value is -2.87. The molecule has 0 radical (unpaired) electrons. The van der Waals surface area contributed by atoms with Crippen LogP contribution in [0.3, 0.4) is 0 Å². The zero-order valence-electron chi connectivity index (χ0n) is 12.4. The molecule has 3 rings (SSSR count). The quantitative estimate of drug-likeness (QED) is 0.773. The van der Waals surface area contributed by atoms with Crippen molar-refractivity contribution in [1.29, 1.82) is 0 Å². The number of thiophene rings is 1. The van der Waals surface area contributed by atoms with Crippen molar-refractivity contribution in [3.05, 3.63) is 41.3 Å². The van der Waals surface area contributed by atoms with Crippen molar-refractivity contribution in [3.63, 3.8) is 0 Å². The number of hydrogen-bond acceptors (Lipinski definition) is 7. The molecule has 7 nitrogen and oxygen atoms in total. The second kappa shape index (κ2) is 6.49. The highest BCUT2D eigenvalue weighted by molar-refractivity contribution is 7.13. The third-order valence-corrected chi connectivity index (χ3v) is 3.85. The van der Waals surface area contributed by atoms with Crippen molar-refractivity contribution in [2.24, 2.45) is 0 Å². The molecule has 0 fully saturated rings. The first-order chi connectivity index (χ1) is 11.2. The lowest BCUT2D eigenvalue weighted by atomic mass is 10.2. The van der Waals surface area contributed by atoms with Gasteiger partial charge in [-0.1, -0.05) is 11.2 Å². The van der Waals surface area contributed by atoms with Gasteiger partial charge in [-0.05, 0) is 23.6 Å². The molecule has 1 aromatic carbocycles. The Labute approximate surface area is 135 Å². The highest BCUT2D eigenvalue weighted by Gasteiger charge is 2.15. The van der Waals surface area contributed by atoms with Gasteiger partial charge in [0.2, 0.25) is 0 Å². The predicted molar refractivity (Wildman–Crippen MR) is 85.1 cm³/mol. The number of carbonyl (C=O) groups excluding carboxylic acids is 1. The van der Waals surface area contributed by atoms with Gasteiger partial charge in [0, 0.05) is 11.6 Å². The summed E-state index contributed by atoms with van der Waals surface area (Å²) >= 11 is 1.47. The van der Waals surface area contributed by atoms with Crippen LogP contribution in [0.1, 0.15) is 10.4 Å². The average molecular weight is 331 g/mol. The van der Waals surface area contributed by atoms with Gasteiger partial charge in [0.15, 0.2) is 0 Å². The van der Waals surface area contributed by atoms with E-state index in [1.54, 1.807) is 18.2 Å². The maximum absolute atomic E-state index is 12.3. The smallest absolute Gasteiger partial charge is 0.322 e. The molecule has 2 heterocycles. The van der Waals surface area contributed by atoms with Crippen LogP contribution in [0.15, 0.2) is 40.1 Å². The number of ether oxygens (including phenoxy) is 2. The van der Waals surface area contributed by atoms with Crippen molar-refractivity contribution < 1.29 is 18.7 Å². The molecule has 0 aliphatic carbocycles. The van der Waals surface area contributed by atoms with E-state index in [1.807, 2.05) is 17.5 Å². The number of hydrogen-bond donors (Lipinski definition) is 1. The molecule has 0 spiro atoms. The van der Waals surface area contributed by atoms with Gasteiger partial charge in [-0.25, -0.2) is 0 Å². The summed E-state index contributed by atoms with van der Waals surface area (Å²) in [7, 11) is 3.03. The lowest BCUT2D eigenvalue weighted by Gasteiger charge is -2.07. The molecule has 8 heteroatoms. The summed E-state index contributed by atoms with van der Waals surface area (Å²) in [6.07, 6.45) is 0. The Morgan fingerprint density at radius 1 is 1.17 bits per heavy atom. The molecule has 118 valence electrons. The van der Waals surface area contributed by atoms with E-state index < -0.39 is 5.91 Å². The number of anilines is 1. The number of carbonyl (C=O) groups is 1. The van der Waals surface area contributed by atoms with Crippen LogP contribution in [-0.2, 0) is 0 Å². The van der Waals surface area contributed by atoms with Crippen LogP contribution in [0.4, 0.5) is 6.01 Å². The van der Waals surface area contributed by atoms with Gasteiger partial charge in [-0.15, -0.1) is 16.4 Å². The van der Waals surface area contributed by atoms with Crippen molar-refractivity contribution in [3.8, 4) is 22.3 Å². The topological polar surface area (TPSA) is 86.5 Å². The normalized spacial score (nSPS) is 10.3. The fourth-order valence-electron chi connectivity index (χ4n) is 1.88. The molecule has 0 aliphatic heterocycles. The summed E-state index contributed by atoms with van der Waals surface area (Å²) in [4.78, 5) is 13.1. The van der Waals surface area contributed by atoms with Gasteiger partial charge in [0.1, 0.15) is 11.5 Å². The molecule has 0 aliphatic rings. The monoisotopic (exact) mass is 331 g/mol. The maximum Gasteiger partial charge on any atom is 0.322 e. The number of benzene rings is 1. The van der Waals surface area contributed by atoms with E-state index in [9.17, 15) is 4.79 Å². The Morgan fingerprint density at radius 2 is 1.91 bits per heavy atom. The fraction of sp³-hybridized carbons (Fsp3) is 0.133. The van der Waals surface area contributed by atoms with E-state index in [-0.39, 0.29) is 6.01 Å². The molecular formula is C15H13N3O4S. The molecule has 0 atom stereocenters. The van der Waals surface area contributed by atoms with E-state index in [0.717, 1.165) is 4.88 Å². The van der Waals surface area contributed by atoms with Crippen molar-refractivity contribution in [1.82, 2.24) is 10.2 Å². The summed E-state index contributed by atoms with van der Waals surface area (Å²) in [5, 5.41) is 12.2. The molecule has 2 aromatic heterocycles. The second-order valence-electron chi connectivity index (χ2n) is 4.45. The Balaban J connectivity index is 1.79. The van der Waals surface area contributed by atoms with E-state index in [0.29, 0.717) is 23.0 Å². The van der Waals surface area contributed by atoms with Crippen molar-refractivity contribution >= 4 is 23.3 Å². The van der Waals surface area contributed by atoms with Gasteiger partial charge in [0.05, 0.1) is 19.1 Å². The standard InChI is InChI=1S/C15H13N3O4S/c1-20-10-6-9(7-11(8-10)21-2)13(19)16-15-18-17-14(22-15)12-4-3-5-23-12/h3-8H,1-2H3,(H,16,18,19). The summed E-state index contributed by atoms with van der Waals surface area (Å²) in [6, 6.07) is 8.63.